The topological polar surface area (TPSA) is 75.6 Å². The first-order valence-corrected chi connectivity index (χ1v) is 6.98. The van der Waals surface area contributed by atoms with Crippen LogP contribution in [-0.4, -0.2) is 25.4 Å². The molecule has 22 heavy (non-hydrogen) atoms. The zero-order valence-corrected chi connectivity index (χ0v) is 12.7. The number of amides is 1. The Balaban J connectivity index is 1.79. The van der Waals surface area contributed by atoms with Crippen molar-refractivity contribution in [2.24, 2.45) is 0 Å². The Morgan fingerprint density at radius 1 is 1.14 bits per heavy atom. The molecule has 0 fully saturated rings. The third kappa shape index (κ3) is 2.50. The van der Waals surface area contributed by atoms with Crippen LogP contribution >= 0.6 is 0 Å². The minimum atomic E-state index is -0.221. The Labute approximate surface area is 128 Å². The molecule has 0 bridgehead atoms. The van der Waals surface area contributed by atoms with Crippen LogP contribution in [0.4, 0.5) is 5.69 Å². The number of anilines is 1. The Hall–Kier alpha value is -2.89. The molecule has 3 rings (SSSR count). The molecule has 0 spiro atoms. The van der Waals surface area contributed by atoms with Crippen molar-refractivity contribution in [3.8, 4) is 5.69 Å². The molecule has 1 amide bonds. The second kappa shape index (κ2) is 5.48. The van der Waals surface area contributed by atoms with Crippen LogP contribution in [0.15, 0.2) is 36.9 Å². The Morgan fingerprint density at radius 2 is 1.86 bits per heavy atom. The number of aromatic nitrogens is 4. The number of aryl methyl sites for hydroxylation is 2. The average molecular weight is 295 g/mol. The minimum absolute atomic E-state index is 0.221. The quantitative estimate of drug-likeness (QED) is 0.780. The second-order valence-electron chi connectivity index (χ2n) is 5.16. The van der Waals surface area contributed by atoms with E-state index < -0.39 is 0 Å². The Morgan fingerprint density at radius 3 is 2.41 bits per heavy atom. The minimum Gasteiger partial charge on any atom is -0.348 e. The molecule has 2 aromatic heterocycles. The number of carbonyl (C=O) groups is 1. The van der Waals surface area contributed by atoms with E-state index in [-0.39, 0.29) is 5.91 Å². The van der Waals surface area contributed by atoms with E-state index in [0.717, 1.165) is 28.5 Å². The SMILES string of the molecule is Cc1ncn(-c2ccc(NC(=O)c3nc[nH]c3C)cc2)c1C. The summed E-state index contributed by atoms with van der Waals surface area (Å²) >= 11 is 0. The van der Waals surface area contributed by atoms with Gasteiger partial charge in [0.25, 0.3) is 5.91 Å². The lowest BCUT2D eigenvalue weighted by molar-refractivity contribution is 0.102. The Kier molecular flexibility index (Phi) is 3.50. The summed E-state index contributed by atoms with van der Waals surface area (Å²) in [4.78, 5) is 23.3. The number of nitrogens with zero attached hydrogens (tertiary/aromatic N) is 3. The molecular weight excluding hydrogens is 278 g/mol. The molecule has 0 radical (unpaired) electrons. The molecule has 2 heterocycles. The summed E-state index contributed by atoms with van der Waals surface area (Å²) in [5, 5.41) is 2.84. The molecule has 0 atom stereocenters. The fraction of sp³-hybridized carbons (Fsp3) is 0.188. The monoisotopic (exact) mass is 295 g/mol. The molecular formula is C16H17N5O. The van der Waals surface area contributed by atoms with E-state index in [1.165, 1.54) is 6.33 Å². The van der Waals surface area contributed by atoms with E-state index in [1.54, 1.807) is 6.33 Å². The molecule has 6 heteroatoms. The van der Waals surface area contributed by atoms with Gasteiger partial charge < -0.3 is 14.9 Å². The highest BCUT2D eigenvalue weighted by Gasteiger charge is 2.12. The molecule has 112 valence electrons. The van der Waals surface area contributed by atoms with Gasteiger partial charge in [-0.15, -0.1) is 0 Å². The molecule has 0 saturated heterocycles. The normalized spacial score (nSPS) is 10.7. The summed E-state index contributed by atoms with van der Waals surface area (Å²) in [5.74, 6) is -0.221. The number of hydrogen-bond acceptors (Lipinski definition) is 3. The van der Waals surface area contributed by atoms with Crippen LogP contribution in [0.1, 0.15) is 27.6 Å². The number of imidazole rings is 2. The zero-order valence-electron chi connectivity index (χ0n) is 12.7. The van der Waals surface area contributed by atoms with Crippen molar-refractivity contribution in [2.75, 3.05) is 5.32 Å². The van der Waals surface area contributed by atoms with E-state index in [2.05, 4.69) is 20.3 Å². The van der Waals surface area contributed by atoms with Gasteiger partial charge in [0.15, 0.2) is 0 Å². The molecule has 6 nitrogen and oxygen atoms in total. The number of carbonyl (C=O) groups excluding carboxylic acids is 1. The number of H-pyrrole nitrogens is 1. The summed E-state index contributed by atoms with van der Waals surface area (Å²) in [6.45, 7) is 5.82. The van der Waals surface area contributed by atoms with Crippen LogP contribution < -0.4 is 5.32 Å². The van der Waals surface area contributed by atoms with Gasteiger partial charge in [0, 0.05) is 22.8 Å². The highest BCUT2D eigenvalue weighted by Crippen LogP contribution is 2.17. The predicted molar refractivity (Wildman–Crippen MR) is 84.3 cm³/mol. The first kappa shape index (κ1) is 14.1. The zero-order chi connectivity index (χ0) is 15.7. The van der Waals surface area contributed by atoms with Gasteiger partial charge in [-0.1, -0.05) is 0 Å². The first-order valence-electron chi connectivity index (χ1n) is 6.98. The van der Waals surface area contributed by atoms with Gasteiger partial charge in [0.2, 0.25) is 0 Å². The number of rotatable bonds is 3. The van der Waals surface area contributed by atoms with Crippen LogP contribution in [0, 0.1) is 20.8 Å². The largest absolute Gasteiger partial charge is 0.348 e. The van der Waals surface area contributed by atoms with Crippen LogP contribution in [-0.2, 0) is 0 Å². The van der Waals surface area contributed by atoms with Crippen molar-refractivity contribution in [1.82, 2.24) is 19.5 Å². The van der Waals surface area contributed by atoms with E-state index in [0.29, 0.717) is 5.69 Å². The van der Waals surface area contributed by atoms with E-state index in [9.17, 15) is 4.79 Å². The summed E-state index contributed by atoms with van der Waals surface area (Å²) < 4.78 is 2.01. The molecule has 0 aliphatic rings. The number of aromatic amines is 1. The fourth-order valence-electron chi connectivity index (χ4n) is 2.24. The molecule has 2 N–H and O–H groups in total. The van der Waals surface area contributed by atoms with Gasteiger partial charge >= 0.3 is 0 Å². The summed E-state index contributed by atoms with van der Waals surface area (Å²) in [5.41, 5.74) is 5.00. The summed E-state index contributed by atoms with van der Waals surface area (Å²) in [6, 6.07) is 7.62. The maximum Gasteiger partial charge on any atom is 0.276 e. The number of benzene rings is 1. The van der Waals surface area contributed by atoms with Gasteiger partial charge in [-0.3, -0.25) is 4.79 Å². The molecule has 0 aliphatic heterocycles. The van der Waals surface area contributed by atoms with Gasteiger partial charge in [-0.25, -0.2) is 9.97 Å². The molecule has 1 aromatic carbocycles. The van der Waals surface area contributed by atoms with Crippen LogP contribution in [0.25, 0.3) is 5.69 Å². The summed E-state index contributed by atoms with van der Waals surface area (Å²) in [7, 11) is 0. The third-order valence-electron chi connectivity index (χ3n) is 3.70. The van der Waals surface area contributed by atoms with E-state index >= 15 is 0 Å². The highest BCUT2D eigenvalue weighted by molar-refractivity contribution is 6.03. The standard InChI is InChI=1S/C16H17N5O/c1-10-12(3)21(9-19-10)14-6-4-13(5-7-14)20-16(22)15-11(2)17-8-18-15/h4-9H,1-3H3,(H,17,18)(H,20,22). The lowest BCUT2D eigenvalue weighted by Crippen LogP contribution is -2.13. The number of nitrogens with one attached hydrogen (secondary N) is 2. The predicted octanol–water partition coefficient (Wildman–Crippen LogP) is 2.77. The van der Waals surface area contributed by atoms with Crippen molar-refractivity contribution in [3.63, 3.8) is 0 Å². The Bertz CT molecular complexity index is 813. The smallest absolute Gasteiger partial charge is 0.276 e. The fourth-order valence-corrected chi connectivity index (χ4v) is 2.24. The van der Waals surface area contributed by atoms with Crippen LogP contribution in [0.2, 0.25) is 0 Å². The van der Waals surface area contributed by atoms with Crippen molar-refractivity contribution in [3.05, 3.63) is 59.7 Å². The van der Waals surface area contributed by atoms with Crippen molar-refractivity contribution in [2.45, 2.75) is 20.8 Å². The van der Waals surface area contributed by atoms with Crippen molar-refractivity contribution < 1.29 is 4.79 Å². The average Bonchev–Trinajstić information content (AvgIpc) is 3.07. The summed E-state index contributed by atoms with van der Waals surface area (Å²) in [6.07, 6.45) is 3.31. The van der Waals surface area contributed by atoms with Gasteiger partial charge in [-0.05, 0) is 45.0 Å². The maximum atomic E-state index is 12.1. The first-order chi connectivity index (χ1) is 10.6. The molecule has 0 aliphatic carbocycles. The lowest BCUT2D eigenvalue weighted by atomic mass is 10.2. The van der Waals surface area contributed by atoms with Crippen LogP contribution in [0.3, 0.4) is 0 Å². The van der Waals surface area contributed by atoms with Crippen molar-refractivity contribution in [1.29, 1.82) is 0 Å². The van der Waals surface area contributed by atoms with Crippen molar-refractivity contribution >= 4 is 11.6 Å². The molecule has 0 unspecified atom stereocenters. The van der Waals surface area contributed by atoms with Gasteiger partial charge in [-0.2, -0.15) is 0 Å². The lowest BCUT2D eigenvalue weighted by Gasteiger charge is -2.08. The van der Waals surface area contributed by atoms with Crippen LogP contribution in [0.5, 0.6) is 0 Å². The van der Waals surface area contributed by atoms with E-state index in [1.807, 2.05) is 49.6 Å². The molecule has 3 aromatic rings. The third-order valence-corrected chi connectivity index (χ3v) is 3.70. The molecule has 0 saturated carbocycles. The van der Waals surface area contributed by atoms with Gasteiger partial charge in [0.1, 0.15) is 5.69 Å². The van der Waals surface area contributed by atoms with E-state index in [4.69, 9.17) is 0 Å². The maximum absolute atomic E-state index is 12.1. The second-order valence-corrected chi connectivity index (χ2v) is 5.16. The highest BCUT2D eigenvalue weighted by atomic mass is 16.1. The number of hydrogen-bond donors (Lipinski definition) is 2. The van der Waals surface area contributed by atoms with Gasteiger partial charge in [0.05, 0.1) is 18.3 Å².